The van der Waals surface area contributed by atoms with Gasteiger partial charge in [-0.3, -0.25) is 9.59 Å². The van der Waals surface area contributed by atoms with E-state index in [0.29, 0.717) is 35.1 Å². The number of nitrogens with one attached hydrogen (secondary N) is 1. The molecule has 38 heavy (non-hydrogen) atoms. The van der Waals surface area contributed by atoms with Crippen LogP contribution in [0.4, 0.5) is 11.4 Å². The second kappa shape index (κ2) is 11.9. The highest BCUT2D eigenvalue weighted by molar-refractivity contribution is 6.00. The molecule has 1 aliphatic rings. The summed E-state index contributed by atoms with van der Waals surface area (Å²) in [7, 11) is 6.18. The number of rotatable bonds is 9. The summed E-state index contributed by atoms with van der Waals surface area (Å²) in [6.45, 7) is 2.09. The van der Waals surface area contributed by atoms with Gasteiger partial charge < -0.3 is 29.2 Å². The SMILES string of the molecule is CCc1ccc(NC(=O)[C@H]2CCC(=O)N(c3cc(OC)c(OC)c(OC)c3)[C@H]2c2ccc(OC)cc2)cc1. The standard InChI is InChI=1S/C30H34N2O6/c1-6-19-7-11-21(12-8-19)31-30(34)24-15-16-27(33)32(28(24)20-9-13-23(35-2)14-10-20)22-17-25(36-3)29(38-5)26(18-22)37-4/h7-14,17-18,24,28H,6,15-16H2,1-5H3,(H,31,34)/t24-,28-/m0/s1. The highest BCUT2D eigenvalue weighted by atomic mass is 16.5. The van der Waals surface area contributed by atoms with Gasteiger partial charge in [0.05, 0.1) is 46.1 Å². The summed E-state index contributed by atoms with van der Waals surface area (Å²) < 4.78 is 21.9. The number of methoxy groups -OCH3 is 4. The van der Waals surface area contributed by atoms with Crippen molar-refractivity contribution in [2.45, 2.75) is 32.2 Å². The van der Waals surface area contributed by atoms with E-state index in [9.17, 15) is 9.59 Å². The molecule has 2 amide bonds. The van der Waals surface area contributed by atoms with Crippen LogP contribution in [-0.4, -0.2) is 40.3 Å². The van der Waals surface area contributed by atoms with Gasteiger partial charge in [-0.15, -0.1) is 0 Å². The molecule has 1 aliphatic heterocycles. The molecule has 8 nitrogen and oxygen atoms in total. The Bertz CT molecular complexity index is 1250. The van der Waals surface area contributed by atoms with Crippen molar-refractivity contribution in [2.24, 2.45) is 5.92 Å². The molecule has 1 heterocycles. The van der Waals surface area contributed by atoms with Gasteiger partial charge in [0.25, 0.3) is 0 Å². The van der Waals surface area contributed by atoms with Crippen LogP contribution in [-0.2, 0) is 16.0 Å². The van der Waals surface area contributed by atoms with Crippen LogP contribution in [0.5, 0.6) is 23.0 Å². The van der Waals surface area contributed by atoms with Crippen LogP contribution in [0.1, 0.15) is 36.9 Å². The first-order valence-corrected chi connectivity index (χ1v) is 12.6. The van der Waals surface area contributed by atoms with Crippen molar-refractivity contribution in [2.75, 3.05) is 38.7 Å². The van der Waals surface area contributed by atoms with Gasteiger partial charge in [-0.1, -0.05) is 31.2 Å². The van der Waals surface area contributed by atoms with Crippen molar-refractivity contribution in [3.8, 4) is 23.0 Å². The summed E-state index contributed by atoms with van der Waals surface area (Å²) in [5.41, 5.74) is 3.28. The molecule has 0 radical (unpaired) electrons. The number of piperidine rings is 1. The zero-order chi connectivity index (χ0) is 27.2. The van der Waals surface area contributed by atoms with Crippen molar-refractivity contribution in [1.82, 2.24) is 0 Å². The summed E-state index contributed by atoms with van der Waals surface area (Å²) >= 11 is 0. The molecule has 0 saturated carbocycles. The Kier molecular flexibility index (Phi) is 8.41. The van der Waals surface area contributed by atoms with Crippen molar-refractivity contribution in [3.63, 3.8) is 0 Å². The average molecular weight is 519 g/mol. The second-order valence-electron chi connectivity index (χ2n) is 9.05. The van der Waals surface area contributed by atoms with Crippen LogP contribution < -0.4 is 29.2 Å². The number of hydrogen-bond acceptors (Lipinski definition) is 6. The van der Waals surface area contributed by atoms with E-state index in [1.807, 2.05) is 48.5 Å². The minimum Gasteiger partial charge on any atom is -0.497 e. The minimum atomic E-state index is -0.570. The average Bonchev–Trinajstić information content (AvgIpc) is 2.96. The molecule has 0 aliphatic carbocycles. The van der Waals surface area contributed by atoms with Crippen LogP contribution in [0.15, 0.2) is 60.7 Å². The number of hydrogen-bond donors (Lipinski definition) is 1. The Morgan fingerprint density at radius 2 is 1.53 bits per heavy atom. The molecular formula is C30H34N2O6. The minimum absolute atomic E-state index is 0.101. The highest BCUT2D eigenvalue weighted by Gasteiger charge is 2.42. The van der Waals surface area contributed by atoms with Gasteiger partial charge in [0.2, 0.25) is 17.6 Å². The lowest BCUT2D eigenvalue weighted by molar-refractivity contribution is -0.125. The Morgan fingerprint density at radius 3 is 2.05 bits per heavy atom. The molecule has 2 atom stereocenters. The molecule has 200 valence electrons. The van der Waals surface area contributed by atoms with E-state index in [0.717, 1.165) is 17.7 Å². The number of aryl methyl sites for hydroxylation is 1. The molecule has 3 aromatic carbocycles. The van der Waals surface area contributed by atoms with Crippen LogP contribution in [0.2, 0.25) is 0 Å². The number of nitrogens with zero attached hydrogens (tertiary/aromatic N) is 1. The Balaban J connectivity index is 1.79. The van der Waals surface area contributed by atoms with Gasteiger partial charge in [-0.2, -0.15) is 0 Å². The maximum Gasteiger partial charge on any atom is 0.229 e. The molecule has 1 saturated heterocycles. The summed E-state index contributed by atoms with van der Waals surface area (Å²) in [6, 6.07) is 18.2. The first-order valence-electron chi connectivity index (χ1n) is 12.6. The van der Waals surface area contributed by atoms with Crippen LogP contribution >= 0.6 is 0 Å². The molecule has 8 heteroatoms. The van der Waals surface area contributed by atoms with E-state index in [-0.39, 0.29) is 18.2 Å². The monoisotopic (exact) mass is 518 g/mol. The topological polar surface area (TPSA) is 86.3 Å². The normalized spacial score (nSPS) is 17.1. The third-order valence-corrected chi connectivity index (χ3v) is 6.95. The smallest absolute Gasteiger partial charge is 0.229 e. The fourth-order valence-corrected chi connectivity index (χ4v) is 4.92. The van der Waals surface area contributed by atoms with Crippen LogP contribution in [0, 0.1) is 5.92 Å². The third-order valence-electron chi connectivity index (χ3n) is 6.95. The molecule has 3 aromatic rings. The lowest BCUT2D eigenvalue weighted by Crippen LogP contribution is -2.47. The highest BCUT2D eigenvalue weighted by Crippen LogP contribution is 2.46. The Morgan fingerprint density at radius 1 is 0.895 bits per heavy atom. The molecule has 1 N–H and O–H groups in total. The van der Waals surface area contributed by atoms with E-state index < -0.39 is 12.0 Å². The summed E-state index contributed by atoms with van der Waals surface area (Å²) in [4.78, 5) is 28.9. The zero-order valence-electron chi connectivity index (χ0n) is 22.4. The molecule has 4 rings (SSSR count). The van der Waals surface area contributed by atoms with Crippen molar-refractivity contribution < 1.29 is 28.5 Å². The van der Waals surface area contributed by atoms with Gasteiger partial charge in [0.1, 0.15) is 5.75 Å². The predicted octanol–water partition coefficient (Wildman–Crippen LogP) is 5.41. The van der Waals surface area contributed by atoms with E-state index >= 15 is 0 Å². The number of amides is 2. The van der Waals surface area contributed by atoms with Gasteiger partial charge in [-0.05, 0) is 48.2 Å². The number of ether oxygens (including phenoxy) is 4. The third kappa shape index (κ3) is 5.39. The molecule has 0 bridgehead atoms. The largest absolute Gasteiger partial charge is 0.497 e. The fourth-order valence-electron chi connectivity index (χ4n) is 4.92. The summed E-state index contributed by atoms with van der Waals surface area (Å²) in [5, 5.41) is 3.06. The summed E-state index contributed by atoms with van der Waals surface area (Å²) in [5.74, 6) is 1.19. The molecule has 0 spiro atoms. The number of anilines is 2. The first-order chi connectivity index (χ1) is 18.4. The predicted molar refractivity (Wildman–Crippen MR) is 146 cm³/mol. The van der Waals surface area contributed by atoms with Crippen LogP contribution in [0.3, 0.4) is 0 Å². The zero-order valence-corrected chi connectivity index (χ0v) is 22.4. The molecular weight excluding hydrogens is 484 g/mol. The lowest BCUT2D eigenvalue weighted by atomic mass is 9.83. The van der Waals surface area contributed by atoms with Crippen molar-refractivity contribution >= 4 is 23.2 Å². The number of benzene rings is 3. The molecule has 0 aromatic heterocycles. The quantitative estimate of drug-likeness (QED) is 0.408. The maximum atomic E-state index is 13.7. The van der Waals surface area contributed by atoms with Crippen molar-refractivity contribution in [3.05, 3.63) is 71.8 Å². The van der Waals surface area contributed by atoms with Gasteiger partial charge in [0, 0.05) is 24.2 Å². The fraction of sp³-hybridized carbons (Fsp3) is 0.333. The first kappa shape index (κ1) is 26.9. The van der Waals surface area contributed by atoms with Gasteiger partial charge in [0.15, 0.2) is 11.5 Å². The number of carbonyl (C=O) groups is 2. The molecule has 1 fully saturated rings. The Hall–Kier alpha value is -4.20. The van der Waals surface area contributed by atoms with E-state index in [4.69, 9.17) is 18.9 Å². The maximum absolute atomic E-state index is 13.7. The van der Waals surface area contributed by atoms with E-state index in [1.165, 1.54) is 26.9 Å². The Labute approximate surface area is 223 Å². The van der Waals surface area contributed by atoms with Gasteiger partial charge in [-0.25, -0.2) is 0 Å². The molecule has 0 unspecified atom stereocenters. The second-order valence-corrected chi connectivity index (χ2v) is 9.05. The van der Waals surface area contributed by atoms with Crippen molar-refractivity contribution in [1.29, 1.82) is 0 Å². The number of carbonyl (C=O) groups excluding carboxylic acids is 2. The van der Waals surface area contributed by atoms with E-state index in [1.54, 1.807) is 24.1 Å². The lowest BCUT2D eigenvalue weighted by Gasteiger charge is -2.41. The van der Waals surface area contributed by atoms with Gasteiger partial charge >= 0.3 is 0 Å². The van der Waals surface area contributed by atoms with E-state index in [2.05, 4.69) is 12.2 Å². The summed E-state index contributed by atoms with van der Waals surface area (Å²) in [6.07, 6.45) is 1.55. The van der Waals surface area contributed by atoms with Crippen LogP contribution in [0.25, 0.3) is 0 Å².